The Labute approximate surface area is 153 Å². The second-order valence-electron chi connectivity index (χ2n) is 7.37. The number of likely N-dealkylation sites (N-methyl/N-ethyl adjacent to an activating group) is 1. The molecule has 6 heteroatoms. The number of hydrogen-bond acceptors (Lipinski definition) is 5. The lowest BCUT2D eigenvalue weighted by atomic mass is 9.80. The summed E-state index contributed by atoms with van der Waals surface area (Å²) in [5.41, 5.74) is 3.30. The van der Waals surface area contributed by atoms with Gasteiger partial charge in [-0.25, -0.2) is 0 Å². The van der Waals surface area contributed by atoms with Crippen LogP contribution in [0.1, 0.15) is 44.2 Å². The van der Waals surface area contributed by atoms with Gasteiger partial charge in [-0.2, -0.15) is 0 Å². The van der Waals surface area contributed by atoms with Gasteiger partial charge in [0, 0.05) is 37.0 Å². The van der Waals surface area contributed by atoms with Gasteiger partial charge < -0.3 is 9.64 Å². The van der Waals surface area contributed by atoms with E-state index in [9.17, 15) is 9.59 Å². The molecule has 1 aromatic rings. The van der Waals surface area contributed by atoms with E-state index in [4.69, 9.17) is 4.74 Å². The summed E-state index contributed by atoms with van der Waals surface area (Å²) in [6.07, 6.45) is 2.81. The van der Waals surface area contributed by atoms with Crippen LogP contribution in [0.15, 0.2) is 17.0 Å². The molecule has 134 valence electrons. The van der Waals surface area contributed by atoms with Crippen LogP contribution < -0.4 is 9.64 Å². The molecule has 0 aliphatic carbocycles. The maximum atomic E-state index is 12.2. The standard InChI is InChI=1S/C19H24N2O3S/c1-11-10-19(2,3)21(5)14-9-15(24-6)12(7-13(11)14)8-16-17(22)20(4)18(23)25-16/h7-9,11H,10H2,1-6H3/b16-8-. The van der Waals surface area contributed by atoms with Gasteiger partial charge in [-0.3, -0.25) is 14.5 Å². The molecule has 25 heavy (non-hydrogen) atoms. The highest BCUT2D eigenvalue weighted by atomic mass is 32.2. The summed E-state index contributed by atoms with van der Waals surface area (Å²) in [6, 6.07) is 4.13. The minimum atomic E-state index is -0.263. The molecule has 0 bridgehead atoms. The third kappa shape index (κ3) is 2.92. The Bertz CT molecular complexity index is 785. The summed E-state index contributed by atoms with van der Waals surface area (Å²) < 4.78 is 5.57. The lowest BCUT2D eigenvalue weighted by Crippen LogP contribution is -2.45. The predicted molar refractivity (Wildman–Crippen MR) is 102 cm³/mol. The van der Waals surface area contributed by atoms with Crippen LogP contribution in [0.5, 0.6) is 5.75 Å². The Morgan fingerprint density at radius 2 is 1.96 bits per heavy atom. The molecule has 0 radical (unpaired) electrons. The Morgan fingerprint density at radius 3 is 2.52 bits per heavy atom. The normalized spacial score (nSPS) is 24.1. The predicted octanol–water partition coefficient (Wildman–Crippen LogP) is 4.08. The van der Waals surface area contributed by atoms with Crippen molar-refractivity contribution in [2.75, 3.05) is 26.1 Å². The number of hydrogen-bond donors (Lipinski definition) is 0. The van der Waals surface area contributed by atoms with Gasteiger partial charge in [-0.05, 0) is 55.7 Å². The Kier molecular flexibility index (Phi) is 4.35. The highest BCUT2D eigenvalue weighted by Gasteiger charge is 2.36. The SMILES string of the molecule is COc1cc2c(cc1/C=C1\SC(=O)N(C)C1=O)C(C)CC(C)(C)N2C. The van der Waals surface area contributed by atoms with Crippen LogP contribution in [0.25, 0.3) is 6.08 Å². The summed E-state index contributed by atoms with van der Waals surface area (Å²) in [7, 11) is 5.23. The fraction of sp³-hybridized carbons (Fsp3) is 0.474. The van der Waals surface area contributed by atoms with Gasteiger partial charge in [0.05, 0.1) is 12.0 Å². The van der Waals surface area contributed by atoms with Gasteiger partial charge in [0.1, 0.15) is 5.75 Å². The van der Waals surface area contributed by atoms with Crippen LogP contribution in [-0.4, -0.2) is 42.8 Å². The van der Waals surface area contributed by atoms with Gasteiger partial charge >= 0.3 is 0 Å². The van der Waals surface area contributed by atoms with E-state index in [1.54, 1.807) is 13.2 Å². The molecule has 0 saturated carbocycles. The van der Waals surface area contributed by atoms with Crippen molar-refractivity contribution in [1.29, 1.82) is 0 Å². The minimum absolute atomic E-state index is 0.0732. The average Bonchev–Trinajstić information content (AvgIpc) is 2.79. The first-order valence-electron chi connectivity index (χ1n) is 8.33. The Morgan fingerprint density at radius 1 is 1.28 bits per heavy atom. The van der Waals surface area contributed by atoms with E-state index < -0.39 is 0 Å². The number of anilines is 1. The van der Waals surface area contributed by atoms with E-state index in [0.717, 1.165) is 34.3 Å². The smallest absolute Gasteiger partial charge is 0.293 e. The molecule has 0 N–H and O–H groups in total. The van der Waals surface area contributed by atoms with Crippen LogP contribution in [0.3, 0.4) is 0 Å². The number of nitrogens with zero attached hydrogens (tertiary/aromatic N) is 2. The molecule has 2 aliphatic heterocycles. The van der Waals surface area contributed by atoms with Gasteiger partial charge in [-0.15, -0.1) is 0 Å². The Balaban J connectivity index is 2.10. The van der Waals surface area contributed by atoms with E-state index in [2.05, 4.69) is 38.8 Å². The van der Waals surface area contributed by atoms with E-state index >= 15 is 0 Å². The van der Waals surface area contributed by atoms with E-state index in [-0.39, 0.29) is 16.7 Å². The molecule has 1 unspecified atom stereocenters. The van der Waals surface area contributed by atoms with Gasteiger partial charge in [0.2, 0.25) is 0 Å². The first-order chi connectivity index (χ1) is 11.7. The van der Waals surface area contributed by atoms with Crippen LogP contribution in [0.4, 0.5) is 10.5 Å². The molecule has 3 rings (SSSR count). The van der Waals surface area contributed by atoms with E-state index in [0.29, 0.717) is 16.6 Å². The summed E-state index contributed by atoms with van der Waals surface area (Å²) in [5.74, 6) is 0.847. The summed E-state index contributed by atoms with van der Waals surface area (Å²) in [6.45, 7) is 6.71. The number of amides is 2. The van der Waals surface area contributed by atoms with Crippen molar-refractivity contribution >= 4 is 34.7 Å². The zero-order valence-electron chi connectivity index (χ0n) is 15.5. The number of methoxy groups -OCH3 is 1. The van der Waals surface area contributed by atoms with E-state index in [1.165, 1.54) is 12.6 Å². The lowest BCUT2D eigenvalue weighted by Gasteiger charge is -2.45. The zero-order chi connectivity index (χ0) is 18.5. The summed E-state index contributed by atoms with van der Waals surface area (Å²) in [4.78, 5) is 27.8. The fourth-order valence-electron chi connectivity index (χ4n) is 3.59. The lowest BCUT2D eigenvalue weighted by molar-refractivity contribution is -0.121. The first kappa shape index (κ1) is 17.9. The van der Waals surface area contributed by atoms with Crippen LogP contribution in [-0.2, 0) is 4.79 Å². The quantitative estimate of drug-likeness (QED) is 0.744. The average molecular weight is 360 g/mol. The minimum Gasteiger partial charge on any atom is -0.496 e. The van der Waals surface area contributed by atoms with Crippen molar-refractivity contribution in [3.63, 3.8) is 0 Å². The molecule has 1 aromatic carbocycles. The van der Waals surface area contributed by atoms with Crippen molar-refractivity contribution in [1.82, 2.24) is 4.90 Å². The largest absolute Gasteiger partial charge is 0.496 e. The number of carbonyl (C=O) groups is 2. The van der Waals surface area contributed by atoms with E-state index in [1.807, 2.05) is 6.07 Å². The van der Waals surface area contributed by atoms with Crippen molar-refractivity contribution < 1.29 is 14.3 Å². The van der Waals surface area contributed by atoms with Crippen molar-refractivity contribution in [2.24, 2.45) is 0 Å². The molecule has 2 heterocycles. The number of benzene rings is 1. The second-order valence-corrected chi connectivity index (χ2v) is 8.36. The number of fused-ring (bicyclic) bond motifs is 1. The summed E-state index contributed by atoms with van der Waals surface area (Å²) in [5, 5.41) is -0.247. The Hall–Kier alpha value is -1.95. The number of carbonyl (C=O) groups excluding carboxylic acids is 2. The molecular weight excluding hydrogens is 336 g/mol. The molecule has 1 atom stereocenters. The maximum Gasteiger partial charge on any atom is 0.293 e. The molecule has 5 nitrogen and oxygen atoms in total. The molecule has 1 fully saturated rings. The number of ether oxygens (including phenoxy) is 1. The van der Waals surface area contributed by atoms with Crippen LogP contribution in [0.2, 0.25) is 0 Å². The number of thioether (sulfide) groups is 1. The van der Waals surface area contributed by atoms with Crippen LogP contribution in [0, 0.1) is 0 Å². The highest BCUT2D eigenvalue weighted by Crippen LogP contribution is 2.45. The summed E-state index contributed by atoms with van der Waals surface area (Å²) >= 11 is 0.967. The first-order valence-corrected chi connectivity index (χ1v) is 9.14. The second kappa shape index (κ2) is 6.09. The molecule has 0 spiro atoms. The number of imide groups is 1. The van der Waals surface area contributed by atoms with Gasteiger partial charge in [-0.1, -0.05) is 6.92 Å². The third-order valence-corrected chi connectivity index (χ3v) is 6.22. The van der Waals surface area contributed by atoms with Crippen molar-refractivity contribution in [3.8, 4) is 5.75 Å². The van der Waals surface area contributed by atoms with Crippen LogP contribution >= 0.6 is 11.8 Å². The molecule has 2 aliphatic rings. The molecular formula is C19H24N2O3S. The molecule has 0 aromatic heterocycles. The highest BCUT2D eigenvalue weighted by molar-refractivity contribution is 8.18. The maximum absolute atomic E-state index is 12.2. The third-order valence-electron chi connectivity index (χ3n) is 5.26. The number of rotatable bonds is 2. The topological polar surface area (TPSA) is 49.9 Å². The zero-order valence-corrected chi connectivity index (χ0v) is 16.4. The molecule has 1 saturated heterocycles. The van der Waals surface area contributed by atoms with Crippen molar-refractivity contribution in [3.05, 3.63) is 28.2 Å². The van der Waals surface area contributed by atoms with Gasteiger partial charge in [0.25, 0.3) is 11.1 Å². The van der Waals surface area contributed by atoms with Crippen molar-refractivity contribution in [2.45, 2.75) is 38.6 Å². The van der Waals surface area contributed by atoms with Gasteiger partial charge in [0.15, 0.2) is 0 Å². The monoisotopic (exact) mass is 360 g/mol. The fourth-order valence-corrected chi connectivity index (χ4v) is 4.41. The molecule has 2 amide bonds.